The minimum Gasteiger partial charge on any atom is -0.438 e. The average molecular weight is 333 g/mol. The first-order chi connectivity index (χ1) is 11.9. The predicted octanol–water partition coefficient (Wildman–Crippen LogP) is 3.07. The van der Waals surface area contributed by atoms with Crippen LogP contribution in [0.4, 0.5) is 0 Å². The molecule has 2 aromatic heterocycles. The van der Waals surface area contributed by atoms with Crippen LogP contribution in [0.15, 0.2) is 33.7 Å². The van der Waals surface area contributed by atoms with Crippen LogP contribution < -0.4 is 5.56 Å². The minimum absolute atomic E-state index is 0.0376. The average Bonchev–Trinajstić information content (AvgIpc) is 2.99. The van der Waals surface area contributed by atoms with Crippen LogP contribution in [-0.2, 0) is 13.0 Å². The van der Waals surface area contributed by atoms with Gasteiger partial charge in [0.15, 0.2) is 0 Å². The summed E-state index contributed by atoms with van der Waals surface area (Å²) in [7, 11) is 0. The maximum Gasteiger partial charge on any atom is 0.273 e. The number of rotatable bonds is 0. The van der Waals surface area contributed by atoms with Crippen molar-refractivity contribution in [1.29, 1.82) is 0 Å². The normalized spacial score (nSPS) is 15.5. The Bertz CT molecular complexity index is 1090. The Morgan fingerprint density at radius 3 is 2.84 bits per heavy atom. The lowest BCUT2D eigenvalue weighted by Gasteiger charge is -2.31. The molecule has 0 fully saturated rings. The monoisotopic (exact) mass is 333 g/mol. The van der Waals surface area contributed by atoms with E-state index in [4.69, 9.17) is 9.40 Å². The number of hydrogen-bond donors (Lipinski definition) is 0. The quantitative estimate of drug-likeness (QED) is 0.593. The number of oxazole rings is 1. The molecule has 3 aromatic rings. The van der Waals surface area contributed by atoms with E-state index in [2.05, 4.69) is 30.7 Å². The molecule has 3 heterocycles. The summed E-state index contributed by atoms with van der Waals surface area (Å²) in [5, 5.41) is 0.638. The van der Waals surface area contributed by atoms with Crippen molar-refractivity contribution < 1.29 is 4.42 Å². The Morgan fingerprint density at radius 1 is 1.24 bits per heavy atom. The summed E-state index contributed by atoms with van der Waals surface area (Å²) in [6.07, 6.45) is 3.43. The van der Waals surface area contributed by atoms with E-state index in [9.17, 15) is 4.79 Å². The Balaban J connectivity index is 1.77. The van der Waals surface area contributed by atoms with Crippen LogP contribution in [0.1, 0.15) is 43.2 Å². The SMILES string of the molecule is Cc1coc(C#Cc2ccc3c(=O)n4c(nc3c2)CCC(C)(C)C4)n1. The fraction of sp³-hybridized carbons (Fsp3) is 0.350. The van der Waals surface area contributed by atoms with Gasteiger partial charge in [-0.1, -0.05) is 19.8 Å². The molecule has 4 rings (SSSR count). The van der Waals surface area contributed by atoms with Crippen molar-refractivity contribution in [3.63, 3.8) is 0 Å². The third kappa shape index (κ3) is 2.96. The van der Waals surface area contributed by atoms with Crippen LogP contribution in [0.2, 0.25) is 0 Å². The molecule has 1 aliphatic rings. The maximum absolute atomic E-state index is 12.8. The molecular formula is C20H19N3O2. The first kappa shape index (κ1) is 15.6. The highest BCUT2D eigenvalue weighted by molar-refractivity contribution is 5.79. The fourth-order valence-electron chi connectivity index (χ4n) is 3.19. The van der Waals surface area contributed by atoms with Crippen molar-refractivity contribution in [2.75, 3.05) is 0 Å². The summed E-state index contributed by atoms with van der Waals surface area (Å²) < 4.78 is 7.06. The van der Waals surface area contributed by atoms with Crippen LogP contribution in [0.3, 0.4) is 0 Å². The molecule has 1 aromatic carbocycles. The lowest BCUT2D eigenvalue weighted by Crippen LogP contribution is -2.36. The van der Waals surface area contributed by atoms with Crippen molar-refractivity contribution in [2.45, 2.75) is 40.2 Å². The van der Waals surface area contributed by atoms with Gasteiger partial charge in [-0.25, -0.2) is 9.97 Å². The zero-order chi connectivity index (χ0) is 17.6. The molecule has 0 saturated heterocycles. The van der Waals surface area contributed by atoms with Gasteiger partial charge < -0.3 is 4.42 Å². The molecular weight excluding hydrogens is 314 g/mol. The van der Waals surface area contributed by atoms with Crippen LogP contribution in [0, 0.1) is 24.2 Å². The first-order valence-corrected chi connectivity index (χ1v) is 8.39. The zero-order valence-corrected chi connectivity index (χ0v) is 14.6. The van der Waals surface area contributed by atoms with Gasteiger partial charge in [-0.05, 0) is 42.9 Å². The fourth-order valence-corrected chi connectivity index (χ4v) is 3.19. The van der Waals surface area contributed by atoms with Gasteiger partial charge in [0, 0.05) is 18.5 Å². The lowest BCUT2D eigenvalue weighted by molar-refractivity contribution is 0.240. The van der Waals surface area contributed by atoms with Gasteiger partial charge in [-0.2, -0.15) is 0 Å². The predicted molar refractivity (Wildman–Crippen MR) is 95.3 cm³/mol. The van der Waals surface area contributed by atoms with Gasteiger partial charge in [-0.15, -0.1) is 0 Å². The number of benzene rings is 1. The summed E-state index contributed by atoms with van der Waals surface area (Å²) in [5.74, 6) is 7.17. The van der Waals surface area contributed by atoms with Crippen molar-refractivity contribution in [3.05, 3.63) is 57.8 Å². The molecule has 0 bridgehead atoms. The molecule has 0 N–H and O–H groups in total. The highest BCUT2D eigenvalue weighted by atomic mass is 16.3. The van der Waals surface area contributed by atoms with E-state index in [1.165, 1.54) is 0 Å². The Hall–Kier alpha value is -2.87. The smallest absolute Gasteiger partial charge is 0.273 e. The van der Waals surface area contributed by atoms with E-state index < -0.39 is 0 Å². The molecule has 0 spiro atoms. The van der Waals surface area contributed by atoms with Crippen molar-refractivity contribution in [3.8, 4) is 11.8 Å². The van der Waals surface area contributed by atoms with Crippen molar-refractivity contribution in [1.82, 2.24) is 14.5 Å². The van der Waals surface area contributed by atoms with Gasteiger partial charge in [0.05, 0.1) is 16.6 Å². The van der Waals surface area contributed by atoms with E-state index in [-0.39, 0.29) is 11.0 Å². The topological polar surface area (TPSA) is 60.9 Å². The molecule has 0 radical (unpaired) electrons. The van der Waals surface area contributed by atoms with Crippen molar-refractivity contribution >= 4 is 10.9 Å². The molecule has 5 nitrogen and oxygen atoms in total. The standard InChI is InChI=1S/C20H19N3O2/c1-13-11-25-18(21-13)7-5-14-4-6-15-16(10-14)22-17-8-9-20(2,3)12-23(17)19(15)24/h4,6,10-11H,8-9,12H2,1-3H3. The van der Waals surface area contributed by atoms with E-state index in [0.717, 1.165) is 36.5 Å². The molecule has 1 aliphatic heterocycles. The maximum atomic E-state index is 12.8. The third-order valence-corrected chi connectivity index (χ3v) is 4.58. The Morgan fingerprint density at radius 2 is 2.08 bits per heavy atom. The van der Waals surface area contributed by atoms with Crippen LogP contribution in [0.25, 0.3) is 10.9 Å². The van der Waals surface area contributed by atoms with E-state index in [1.54, 1.807) is 6.26 Å². The summed E-state index contributed by atoms with van der Waals surface area (Å²) in [6.45, 7) is 6.95. The van der Waals surface area contributed by atoms with Crippen LogP contribution in [0.5, 0.6) is 0 Å². The van der Waals surface area contributed by atoms with Crippen LogP contribution in [-0.4, -0.2) is 14.5 Å². The molecule has 0 amide bonds. The summed E-state index contributed by atoms with van der Waals surface area (Å²) in [6, 6.07) is 5.51. The zero-order valence-electron chi connectivity index (χ0n) is 14.6. The van der Waals surface area contributed by atoms with E-state index in [0.29, 0.717) is 16.8 Å². The van der Waals surface area contributed by atoms with E-state index in [1.807, 2.05) is 29.7 Å². The first-order valence-electron chi connectivity index (χ1n) is 8.39. The molecule has 126 valence electrons. The van der Waals surface area contributed by atoms with Gasteiger partial charge >= 0.3 is 0 Å². The van der Waals surface area contributed by atoms with Gasteiger partial charge in [0.2, 0.25) is 0 Å². The second-order valence-electron chi connectivity index (χ2n) is 7.36. The molecule has 25 heavy (non-hydrogen) atoms. The number of fused-ring (bicyclic) bond motifs is 2. The molecule has 5 heteroatoms. The summed E-state index contributed by atoms with van der Waals surface area (Å²) >= 11 is 0. The minimum atomic E-state index is 0.0376. The van der Waals surface area contributed by atoms with Gasteiger partial charge in [-0.3, -0.25) is 9.36 Å². The number of aromatic nitrogens is 3. The largest absolute Gasteiger partial charge is 0.438 e. The van der Waals surface area contributed by atoms with Crippen molar-refractivity contribution in [2.24, 2.45) is 5.41 Å². The second-order valence-corrected chi connectivity index (χ2v) is 7.36. The van der Waals surface area contributed by atoms with Gasteiger partial charge in [0.25, 0.3) is 11.4 Å². The molecule has 0 atom stereocenters. The summed E-state index contributed by atoms with van der Waals surface area (Å²) in [5.41, 5.74) is 2.46. The number of nitrogens with zero attached hydrogens (tertiary/aromatic N) is 3. The highest BCUT2D eigenvalue weighted by Crippen LogP contribution is 2.29. The van der Waals surface area contributed by atoms with E-state index >= 15 is 0 Å². The summed E-state index contributed by atoms with van der Waals surface area (Å²) in [4.78, 5) is 21.7. The molecule has 0 unspecified atom stereocenters. The lowest BCUT2D eigenvalue weighted by atomic mass is 9.85. The number of hydrogen-bond acceptors (Lipinski definition) is 4. The Kier molecular flexibility index (Phi) is 3.50. The highest BCUT2D eigenvalue weighted by Gasteiger charge is 2.27. The van der Waals surface area contributed by atoms with Gasteiger partial charge in [0.1, 0.15) is 12.1 Å². The third-order valence-electron chi connectivity index (χ3n) is 4.58. The molecule has 0 aliphatic carbocycles. The van der Waals surface area contributed by atoms with Crippen LogP contribution >= 0.6 is 0 Å². The molecule has 0 saturated carbocycles. The Labute approximate surface area is 145 Å². The number of aryl methyl sites for hydroxylation is 2. The second kappa shape index (κ2) is 5.59.